The molecule has 4 aromatic carbocycles. The summed E-state index contributed by atoms with van der Waals surface area (Å²) in [7, 11) is -4.23. The lowest BCUT2D eigenvalue weighted by molar-refractivity contribution is -0.156. The van der Waals surface area contributed by atoms with Crippen LogP contribution in [0.25, 0.3) is 10.8 Å². The van der Waals surface area contributed by atoms with E-state index in [0.29, 0.717) is 16.5 Å². The maximum Gasteiger partial charge on any atom is 0.423 e. The van der Waals surface area contributed by atoms with Crippen LogP contribution in [0, 0.1) is 0 Å². The predicted molar refractivity (Wildman–Crippen MR) is 152 cm³/mol. The molecule has 0 saturated carbocycles. The first kappa shape index (κ1) is 31.1. The number of anilines is 1. The molecule has 0 amide bonds. The molecule has 0 aliphatic heterocycles. The number of fused-ring (bicyclic) bond motifs is 1. The molecule has 0 aliphatic rings. The van der Waals surface area contributed by atoms with E-state index in [9.17, 15) is 18.0 Å². The Kier molecular flexibility index (Phi) is 10.2. The van der Waals surface area contributed by atoms with Crippen molar-refractivity contribution >= 4 is 108 Å². The van der Waals surface area contributed by atoms with Crippen LogP contribution in [0.15, 0.2) is 65.6 Å². The van der Waals surface area contributed by atoms with Crippen molar-refractivity contribution in [2.45, 2.75) is 4.90 Å². The minimum absolute atomic E-state index is 0.0591. The Morgan fingerprint density at radius 3 is 1.46 bits per heavy atom. The quantitative estimate of drug-likeness (QED) is 0.0742. The zero-order valence-corrected chi connectivity index (χ0v) is 24.3. The van der Waals surface area contributed by atoms with Gasteiger partial charge in [-0.15, -0.1) is 0 Å². The van der Waals surface area contributed by atoms with Crippen LogP contribution in [0.5, 0.6) is 11.5 Å². The van der Waals surface area contributed by atoms with Gasteiger partial charge in [0.25, 0.3) is 10.1 Å². The molecule has 0 spiro atoms. The fraction of sp³-hybridized carbons (Fsp3) is 0. The second-order valence-corrected chi connectivity index (χ2v) is 11.2. The number of halogens is 6. The number of hydrogen-bond acceptors (Lipinski definition) is 7. The second-order valence-electron chi connectivity index (χ2n) is 7.35. The number of nitrogens with two attached hydrogens (primary N) is 1. The Morgan fingerprint density at radius 2 is 1.08 bits per heavy atom. The number of carbonyl (C=O) groups excluding carboxylic acids is 2. The van der Waals surface area contributed by atoms with Gasteiger partial charge in [0.15, 0.2) is 11.5 Å². The van der Waals surface area contributed by atoms with Crippen LogP contribution in [-0.4, -0.2) is 24.9 Å². The zero-order valence-electron chi connectivity index (χ0n) is 18.9. The molecule has 204 valence electrons. The second kappa shape index (κ2) is 12.8. The average Bonchev–Trinajstić information content (AvgIpc) is 2.83. The molecule has 0 bridgehead atoms. The van der Waals surface area contributed by atoms with Crippen molar-refractivity contribution in [3.63, 3.8) is 0 Å². The fourth-order valence-corrected chi connectivity index (χ4v) is 5.60. The molecule has 4 rings (SSSR count). The number of benzene rings is 4. The molecule has 4 aromatic rings. The van der Waals surface area contributed by atoms with Gasteiger partial charge in [0.1, 0.15) is 4.90 Å². The maximum atomic E-state index is 11.8. The van der Waals surface area contributed by atoms with Gasteiger partial charge in [-0.3, -0.25) is 4.55 Å². The first-order valence-corrected chi connectivity index (χ1v) is 13.9. The first-order chi connectivity index (χ1) is 18.2. The molecule has 0 saturated heterocycles. The summed E-state index contributed by atoms with van der Waals surface area (Å²) >= 11 is 34.9. The van der Waals surface area contributed by atoms with Crippen LogP contribution in [0.2, 0.25) is 30.1 Å². The van der Waals surface area contributed by atoms with Crippen LogP contribution in [0.4, 0.5) is 5.69 Å². The first-order valence-electron chi connectivity index (χ1n) is 10.2. The summed E-state index contributed by atoms with van der Waals surface area (Å²) in [5.41, 5.74) is 6.01. The molecular weight excluding hydrogens is 659 g/mol. The van der Waals surface area contributed by atoms with E-state index in [2.05, 4.69) is 0 Å². The van der Waals surface area contributed by atoms with E-state index in [1.807, 2.05) is 0 Å². The maximum absolute atomic E-state index is 11.8. The van der Waals surface area contributed by atoms with Crippen molar-refractivity contribution in [2.24, 2.45) is 0 Å². The number of rotatable bonds is 3. The summed E-state index contributed by atoms with van der Waals surface area (Å²) in [6.45, 7) is 0. The SMILES string of the molecule is Nc1cccc2cccc(S(=O)(=O)O)c12.O=C(Oc1c(Cl)cc(Cl)cc1Cl)C(=O)Oc1c(Cl)cc(Cl)cc1Cl. The number of hydrogen-bond donors (Lipinski definition) is 2. The molecule has 0 heterocycles. The largest absolute Gasteiger partial charge is 0.423 e. The third kappa shape index (κ3) is 7.81. The molecule has 0 fully saturated rings. The summed E-state index contributed by atoms with van der Waals surface area (Å²) in [4.78, 5) is 23.5. The van der Waals surface area contributed by atoms with Gasteiger partial charge in [-0.25, -0.2) is 9.59 Å². The Bertz CT molecular complexity index is 1590. The molecular formula is C24H13Cl6NO7S. The highest BCUT2D eigenvalue weighted by Crippen LogP contribution is 2.37. The van der Waals surface area contributed by atoms with E-state index >= 15 is 0 Å². The normalized spacial score (nSPS) is 10.9. The predicted octanol–water partition coefficient (Wildman–Crippen LogP) is 7.79. The highest BCUT2D eigenvalue weighted by Gasteiger charge is 2.25. The topological polar surface area (TPSA) is 133 Å². The minimum atomic E-state index is -4.23. The van der Waals surface area contributed by atoms with Gasteiger partial charge in [0, 0.05) is 21.1 Å². The van der Waals surface area contributed by atoms with Crippen molar-refractivity contribution in [3.8, 4) is 11.5 Å². The lowest BCUT2D eigenvalue weighted by atomic mass is 10.1. The van der Waals surface area contributed by atoms with E-state index in [4.69, 9.17) is 89.4 Å². The van der Waals surface area contributed by atoms with E-state index in [0.717, 1.165) is 0 Å². The molecule has 3 N–H and O–H groups in total. The van der Waals surface area contributed by atoms with E-state index in [1.54, 1.807) is 30.3 Å². The van der Waals surface area contributed by atoms with E-state index < -0.39 is 22.1 Å². The summed E-state index contributed by atoms with van der Waals surface area (Å²) in [6.07, 6.45) is 0. The van der Waals surface area contributed by atoms with Gasteiger partial charge in [0.05, 0.1) is 20.1 Å². The minimum Gasteiger partial charge on any atom is -0.415 e. The number of esters is 2. The highest BCUT2D eigenvalue weighted by molar-refractivity contribution is 7.86. The number of ether oxygens (including phenoxy) is 2. The molecule has 0 unspecified atom stereocenters. The van der Waals surface area contributed by atoms with Crippen LogP contribution in [0.1, 0.15) is 0 Å². The Hall–Kier alpha value is -2.47. The number of nitrogen functional groups attached to an aromatic ring is 1. The Balaban J connectivity index is 0.000000239. The Morgan fingerprint density at radius 1 is 0.692 bits per heavy atom. The molecule has 0 aromatic heterocycles. The van der Waals surface area contributed by atoms with Gasteiger partial charge >= 0.3 is 11.9 Å². The lowest BCUT2D eigenvalue weighted by Crippen LogP contribution is -2.26. The molecule has 0 aliphatic carbocycles. The van der Waals surface area contributed by atoms with Gasteiger partial charge < -0.3 is 15.2 Å². The average molecular weight is 672 g/mol. The van der Waals surface area contributed by atoms with Gasteiger partial charge in [0.2, 0.25) is 0 Å². The van der Waals surface area contributed by atoms with E-state index in [-0.39, 0.29) is 46.5 Å². The van der Waals surface area contributed by atoms with Crippen molar-refractivity contribution in [3.05, 3.63) is 90.8 Å². The molecule has 15 heteroatoms. The van der Waals surface area contributed by atoms with Crippen LogP contribution in [-0.2, 0) is 19.7 Å². The molecule has 0 atom stereocenters. The molecule has 8 nitrogen and oxygen atoms in total. The van der Waals surface area contributed by atoms with Gasteiger partial charge in [-0.1, -0.05) is 93.9 Å². The highest BCUT2D eigenvalue weighted by atomic mass is 35.5. The monoisotopic (exact) mass is 669 g/mol. The standard InChI is InChI=1S/C14H4Cl6O4.C10H9NO3S/c15-5-1-7(17)11(8(18)2-5)23-13(21)14(22)24-12-9(19)3-6(16)4-10(12)20;11-8-5-1-3-7-4-2-6-9(10(7)8)15(12,13)14/h1-4H;1-6H,11H2,(H,12,13,14). The van der Waals surface area contributed by atoms with Crippen LogP contribution < -0.4 is 15.2 Å². The van der Waals surface area contributed by atoms with Crippen molar-refractivity contribution in [1.29, 1.82) is 0 Å². The van der Waals surface area contributed by atoms with Gasteiger partial charge in [-0.2, -0.15) is 8.42 Å². The summed E-state index contributed by atoms with van der Waals surface area (Å²) in [5.74, 6) is -3.25. The Labute approximate surface area is 251 Å². The van der Waals surface area contributed by atoms with E-state index in [1.165, 1.54) is 30.3 Å². The zero-order chi connectivity index (χ0) is 29.1. The lowest BCUT2D eigenvalue weighted by Gasteiger charge is -2.10. The smallest absolute Gasteiger partial charge is 0.415 e. The number of carbonyl (C=O) groups is 2. The summed E-state index contributed by atoms with van der Waals surface area (Å²) < 4.78 is 40.9. The summed E-state index contributed by atoms with van der Waals surface area (Å²) in [6, 6.07) is 14.8. The summed E-state index contributed by atoms with van der Waals surface area (Å²) in [5, 5.41) is 1.27. The van der Waals surface area contributed by atoms with Crippen molar-refractivity contribution in [1.82, 2.24) is 0 Å². The molecule has 39 heavy (non-hydrogen) atoms. The van der Waals surface area contributed by atoms with Crippen molar-refractivity contribution < 1.29 is 32.0 Å². The molecule has 0 radical (unpaired) electrons. The van der Waals surface area contributed by atoms with Crippen LogP contribution in [0.3, 0.4) is 0 Å². The fourth-order valence-electron chi connectivity index (χ4n) is 3.07. The van der Waals surface area contributed by atoms with Crippen molar-refractivity contribution in [2.75, 3.05) is 5.73 Å². The third-order valence-electron chi connectivity index (χ3n) is 4.66. The third-order valence-corrected chi connectivity index (χ3v) is 7.11. The van der Waals surface area contributed by atoms with Gasteiger partial charge in [-0.05, 0) is 41.8 Å². The van der Waals surface area contributed by atoms with Crippen LogP contribution >= 0.6 is 69.6 Å².